The Labute approximate surface area is 185 Å². The van der Waals surface area contributed by atoms with Gasteiger partial charge in [-0.05, 0) is 63.2 Å². The Hall–Kier alpha value is -0.240. The van der Waals surface area contributed by atoms with E-state index in [1.54, 1.807) is 0 Å². The van der Waals surface area contributed by atoms with Gasteiger partial charge in [-0.1, -0.05) is 13.8 Å². The number of rotatable bonds is 1. The van der Waals surface area contributed by atoms with E-state index in [4.69, 9.17) is 23.7 Å². The highest BCUT2D eigenvalue weighted by molar-refractivity contribution is 5.27. The minimum atomic E-state index is -0.922. The number of hydrogen-bond acceptors (Lipinski definition) is 6. The first-order valence-corrected chi connectivity index (χ1v) is 12.7. The van der Waals surface area contributed by atoms with Crippen LogP contribution in [-0.4, -0.2) is 60.4 Å². The van der Waals surface area contributed by atoms with E-state index in [-0.39, 0.29) is 16.4 Å². The first kappa shape index (κ1) is 20.2. The van der Waals surface area contributed by atoms with Gasteiger partial charge in [0.15, 0.2) is 11.6 Å². The lowest BCUT2D eigenvalue weighted by atomic mass is 9.43. The number of hydrogen-bond donors (Lipinski definition) is 1. The number of aliphatic hydroxyl groups is 1. The number of fused-ring (bicyclic) bond motifs is 4. The van der Waals surface area contributed by atoms with Crippen molar-refractivity contribution in [2.75, 3.05) is 26.4 Å². The average molecular weight is 435 g/mol. The van der Waals surface area contributed by atoms with Crippen LogP contribution in [0.25, 0.3) is 0 Å². The fourth-order valence-electron chi connectivity index (χ4n) is 9.88. The normalized spacial score (nSPS) is 58.5. The lowest BCUT2D eigenvalue weighted by Crippen LogP contribution is -2.65. The van der Waals surface area contributed by atoms with Crippen molar-refractivity contribution in [1.29, 1.82) is 0 Å². The van der Waals surface area contributed by atoms with Gasteiger partial charge in [0.2, 0.25) is 0 Å². The lowest BCUT2D eigenvalue weighted by molar-refractivity contribution is -0.301. The van der Waals surface area contributed by atoms with Crippen molar-refractivity contribution < 1.29 is 28.8 Å². The minimum Gasteiger partial charge on any atom is -0.384 e. The second kappa shape index (κ2) is 5.87. The Morgan fingerprint density at radius 3 is 2.13 bits per heavy atom. The predicted octanol–water partition coefficient (Wildman–Crippen LogP) is 3.40. The molecule has 7 fully saturated rings. The van der Waals surface area contributed by atoms with Crippen LogP contribution in [0.15, 0.2) is 0 Å². The van der Waals surface area contributed by atoms with E-state index in [0.29, 0.717) is 50.3 Å². The van der Waals surface area contributed by atoms with Crippen LogP contribution in [0.5, 0.6) is 0 Å². The molecular weight excluding hydrogens is 396 g/mol. The van der Waals surface area contributed by atoms with Crippen molar-refractivity contribution in [2.24, 2.45) is 28.6 Å². The fourth-order valence-corrected chi connectivity index (χ4v) is 9.88. The smallest absolute Gasteiger partial charge is 0.195 e. The molecule has 31 heavy (non-hydrogen) atoms. The SMILES string of the molecule is CC1([C@]2(O)CC[C@@H]3[C@H]4C[C@@H]5O[C@@]56CC5(CC[C@@]6(C)[C@@H]4CC[C@]32C)OCCO5)OCCO1. The van der Waals surface area contributed by atoms with Crippen LogP contribution >= 0.6 is 0 Å². The lowest BCUT2D eigenvalue weighted by Gasteiger charge is -2.61. The zero-order valence-corrected chi connectivity index (χ0v) is 19.3. The molecule has 0 aromatic rings. The van der Waals surface area contributed by atoms with Gasteiger partial charge in [-0.15, -0.1) is 0 Å². The summed E-state index contributed by atoms with van der Waals surface area (Å²) in [6.45, 7) is 9.38. The highest BCUT2D eigenvalue weighted by Crippen LogP contribution is 2.76. The highest BCUT2D eigenvalue weighted by Gasteiger charge is 2.80. The summed E-state index contributed by atoms with van der Waals surface area (Å²) in [6.07, 6.45) is 8.44. The van der Waals surface area contributed by atoms with Crippen molar-refractivity contribution >= 4 is 0 Å². The van der Waals surface area contributed by atoms with E-state index in [0.717, 1.165) is 51.4 Å². The minimum absolute atomic E-state index is 0.0664. The molecule has 6 nitrogen and oxygen atoms in total. The second-order valence-electron chi connectivity index (χ2n) is 12.3. The Morgan fingerprint density at radius 1 is 0.742 bits per heavy atom. The molecule has 1 N–H and O–H groups in total. The van der Waals surface area contributed by atoms with Gasteiger partial charge in [0.1, 0.15) is 11.2 Å². The van der Waals surface area contributed by atoms with Crippen LogP contribution < -0.4 is 0 Å². The summed E-state index contributed by atoms with van der Waals surface area (Å²) in [5.41, 5.74) is -0.989. The van der Waals surface area contributed by atoms with Gasteiger partial charge in [-0.3, -0.25) is 0 Å². The van der Waals surface area contributed by atoms with Crippen LogP contribution in [0, 0.1) is 28.6 Å². The summed E-state index contributed by atoms with van der Waals surface area (Å²) < 4.78 is 31.0. The predicted molar refractivity (Wildman–Crippen MR) is 111 cm³/mol. The molecule has 7 rings (SSSR count). The van der Waals surface area contributed by atoms with Crippen molar-refractivity contribution in [3.8, 4) is 0 Å². The van der Waals surface area contributed by atoms with E-state index >= 15 is 0 Å². The fraction of sp³-hybridized carbons (Fsp3) is 1.00. The summed E-state index contributed by atoms with van der Waals surface area (Å²) in [7, 11) is 0. The molecular formula is C25H38O6. The van der Waals surface area contributed by atoms with E-state index in [9.17, 15) is 5.11 Å². The summed E-state index contributed by atoms with van der Waals surface area (Å²) >= 11 is 0. The van der Waals surface area contributed by atoms with E-state index in [2.05, 4.69) is 13.8 Å². The molecule has 7 aliphatic rings. The first-order valence-electron chi connectivity index (χ1n) is 12.7. The summed E-state index contributed by atoms with van der Waals surface area (Å²) in [5, 5.41) is 12.1. The highest BCUT2D eigenvalue weighted by atomic mass is 16.8. The Kier molecular flexibility index (Phi) is 3.82. The molecule has 0 radical (unpaired) electrons. The molecule has 4 saturated carbocycles. The molecule has 0 unspecified atom stereocenters. The topological polar surface area (TPSA) is 69.7 Å². The Morgan fingerprint density at radius 2 is 1.39 bits per heavy atom. The van der Waals surface area contributed by atoms with E-state index < -0.39 is 17.2 Å². The van der Waals surface area contributed by atoms with Crippen molar-refractivity contribution in [3.63, 3.8) is 0 Å². The Bertz CT molecular complexity index is 789. The van der Waals surface area contributed by atoms with Crippen LogP contribution in [0.3, 0.4) is 0 Å². The van der Waals surface area contributed by atoms with Gasteiger partial charge in [0.25, 0.3) is 0 Å². The van der Waals surface area contributed by atoms with Crippen LogP contribution in [0.2, 0.25) is 0 Å². The van der Waals surface area contributed by atoms with Gasteiger partial charge >= 0.3 is 0 Å². The monoisotopic (exact) mass is 434 g/mol. The molecule has 0 aromatic carbocycles. The first-order chi connectivity index (χ1) is 14.7. The third-order valence-corrected chi connectivity index (χ3v) is 11.6. The maximum atomic E-state index is 12.1. The quantitative estimate of drug-likeness (QED) is 0.638. The van der Waals surface area contributed by atoms with Crippen LogP contribution in [0.4, 0.5) is 0 Å². The molecule has 2 spiro atoms. The van der Waals surface area contributed by atoms with Gasteiger partial charge in [-0.25, -0.2) is 0 Å². The molecule has 174 valence electrons. The third kappa shape index (κ3) is 2.17. The summed E-state index contributed by atoms with van der Waals surface area (Å²) in [4.78, 5) is 0. The summed E-state index contributed by atoms with van der Waals surface area (Å²) in [5.74, 6) is 0.459. The average Bonchev–Trinajstić information content (AvgIpc) is 3.07. The maximum absolute atomic E-state index is 12.1. The van der Waals surface area contributed by atoms with Gasteiger partial charge < -0.3 is 28.8 Å². The largest absolute Gasteiger partial charge is 0.384 e. The van der Waals surface area contributed by atoms with Gasteiger partial charge in [0, 0.05) is 23.7 Å². The molecule has 0 amide bonds. The van der Waals surface area contributed by atoms with Crippen molar-refractivity contribution in [1.82, 2.24) is 0 Å². The standard InChI is InChI=1S/C25H38O6/c1-20-8-9-23(29-12-13-30-23)15-24(20)19(31-24)14-16-17(20)4-6-21(2)18(16)5-7-25(21,26)22(3)27-10-11-28-22/h16-19,26H,4-15H2,1-3H3/t16-,17+,18+,19-,20-,21+,24-,25-/m0/s1. The third-order valence-electron chi connectivity index (χ3n) is 11.6. The zero-order chi connectivity index (χ0) is 21.3. The number of ether oxygens (including phenoxy) is 5. The van der Waals surface area contributed by atoms with E-state index in [1.165, 1.54) is 0 Å². The molecule has 3 aliphatic heterocycles. The molecule has 4 aliphatic carbocycles. The van der Waals surface area contributed by atoms with Crippen LogP contribution in [0.1, 0.15) is 72.1 Å². The zero-order valence-electron chi connectivity index (χ0n) is 19.3. The summed E-state index contributed by atoms with van der Waals surface area (Å²) in [6, 6.07) is 0. The molecule has 8 atom stereocenters. The van der Waals surface area contributed by atoms with Crippen LogP contribution in [-0.2, 0) is 23.7 Å². The molecule has 0 aromatic heterocycles. The Balaban J connectivity index is 1.21. The molecule has 6 heteroatoms. The second-order valence-corrected chi connectivity index (χ2v) is 12.3. The van der Waals surface area contributed by atoms with E-state index in [1.807, 2.05) is 6.92 Å². The molecule has 3 heterocycles. The van der Waals surface area contributed by atoms with Gasteiger partial charge in [0.05, 0.1) is 32.5 Å². The number of epoxide rings is 1. The van der Waals surface area contributed by atoms with Crippen molar-refractivity contribution in [3.05, 3.63) is 0 Å². The molecule has 3 saturated heterocycles. The maximum Gasteiger partial charge on any atom is 0.195 e. The van der Waals surface area contributed by atoms with Gasteiger partial charge in [-0.2, -0.15) is 0 Å². The molecule has 0 bridgehead atoms. The van der Waals surface area contributed by atoms with Crippen molar-refractivity contribution in [2.45, 2.75) is 101 Å².